The van der Waals surface area contributed by atoms with Crippen LogP contribution in [0.2, 0.25) is 0 Å². The van der Waals surface area contributed by atoms with Crippen LogP contribution in [0.1, 0.15) is 36.5 Å². The van der Waals surface area contributed by atoms with Crippen LogP contribution in [0, 0.1) is 0 Å². The molecule has 1 atom stereocenters. The zero-order valence-electron chi connectivity index (χ0n) is 11.2. The maximum Gasteiger partial charge on any atom is 0.174 e. The summed E-state index contributed by atoms with van der Waals surface area (Å²) >= 11 is 0. The molecule has 0 aliphatic carbocycles. The van der Waals surface area contributed by atoms with Crippen LogP contribution in [-0.2, 0) is 4.74 Å². The lowest BCUT2D eigenvalue weighted by Crippen LogP contribution is -2.09. The number of aliphatic hydroxyl groups is 1. The van der Waals surface area contributed by atoms with Crippen molar-refractivity contribution < 1.29 is 14.6 Å². The zero-order chi connectivity index (χ0) is 14.1. The second-order valence-electron chi connectivity index (χ2n) is 4.29. The molecule has 4 heteroatoms. The Kier molecular flexibility index (Phi) is 6.85. The molecule has 1 aromatic rings. The average molecular weight is 263 g/mol. The lowest BCUT2D eigenvalue weighted by molar-refractivity contribution is -0.0648. The van der Waals surface area contributed by atoms with E-state index in [0.717, 1.165) is 12.8 Å². The van der Waals surface area contributed by atoms with Gasteiger partial charge in [-0.25, -0.2) is 0 Å². The second kappa shape index (κ2) is 8.45. The smallest absolute Gasteiger partial charge is 0.174 e. The largest absolute Gasteiger partial charge is 0.399 e. The Hall–Kier alpha value is -1.65. The van der Waals surface area contributed by atoms with Crippen molar-refractivity contribution in [1.29, 1.82) is 0 Å². The molecule has 0 aromatic heterocycles. The number of anilines is 1. The van der Waals surface area contributed by atoms with E-state index in [2.05, 4.69) is 6.92 Å². The van der Waals surface area contributed by atoms with Gasteiger partial charge in [-0.3, -0.25) is 4.79 Å². The number of benzene rings is 1. The van der Waals surface area contributed by atoms with E-state index in [1.165, 1.54) is 6.08 Å². The lowest BCUT2D eigenvalue weighted by Gasteiger charge is -2.06. The predicted octanol–water partition coefficient (Wildman–Crippen LogP) is 2.53. The minimum Gasteiger partial charge on any atom is -0.399 e. The van der Waals surface area contributed by atoms with E-state index < -0.39 is 6.29 Å². The van der Waals surface area contributed by atoms with Crippen molar-refractivity contribution in [2.75, 3.05) is 12.3 Å². The number of hydrogen-bond acceptors (Lipinski definition) is 4. The number of unbranched alkanes of at least 4 members (excludes halogenated alkanes) is 1. The molecule has 0 saturated carbocycles. The van der Waals surface area contributed by atoms with Crippen LogP contribution in [0.3, 0.4) is 0 Å². The molecule has 0 saturated heterocycles. The number of ether oxygens (including phenoxy) is 1. The van der Waals surface area contributed by atoms with Crippen LogP contribution in [0.15, 0.2) is 36.4 Å². The second-order valence-corrected chi connectivity index (χ2v) is 4.29. The number of hydrogen-bond donors (Lipinski definition) is 2. The molecular formula is C15H21NO3. The third-order valence-corrected chi connectivity index (χ3v) is 2.62. The van der Waals surface area contributed by atoms with Gasteiger partial charge in [-0.1, -0.05) is 19.4 Å². The van der Waals surface area contributed by atoms with Gasteiger partial charge in [-0.2, -0.15) is 0 Å². The number of nitrogens with two attached hydrogens (primary N) is 1. The summed E-state index contributed by atoms with van der Waals surface area (Å²) < 4.78 is 5.13. The fourth-order valence-corrected chi connectivity index (χ4v) is 1.48. The number of aliphatic hydroxyl groups excluding tert-OH is 1. The van der Waals surface area contributed by atoms with Gasteiger partial charge in [0.1, 0.15) is 0 Å². The Labute approximate surface area is 113 Å². The first-order valence-corrected chi connectivity index (χ1v) is 6.48. The molecule has 0 amide bonds. The highest BCUT2D eigenvalue weighted by Crippen LogP contribution is 2.08. The fraction of sp³-hybridized carbons (Fsp3) is 0.400. The highest BCUT2D eigenvalue weighted by molar-refractivity contribution is 5.97. The van der Waals surface area contributed by atoms with Crippen LogP contribution >= 0.6 is 0 Å². The summed E-state index contributed by atoms with van der Waals surface area (Å²) in [7, 11) is 0. The lowest BCUT2D eigenvalue weighted by atomic mass is 10.1. The first kappa shape index (κ1) is 15.4. The summed E-state index contributed by atoms with van der Waals surface area (Å²) in [5.41, 5.74) is 6.79. The summed E-state index contributed by atoms with van der Waals surface area (Å²) in [6, 6.07) is 6.78. The standard InChI is InChI=1S/C15H21NO3/c1-2-3-11-19-15(18)6-4-5-14(17)12-7-9-13(16)10-8-12/h4,6-10,15,18H,2-3,5,11,16H2,1H3. The highest BCUT2D eigenvalue weighted by atomic mass is 16.6. The van der Waals surface area contributed by atoms with Crippen molar-refractivity contribution in [2.45, 2.75) is 32.5 Å². The van der Waals surface area contributed by atoms with Gasteiger partial charge < -0.3 is 15.6 Å². The van der Waals surface area contributed by atoms with Crippen LogP contribution < -0.4 is 5.73 Å². The molecular weight excluding hydrogens is 242 g/mol. The Morgan fingerprint density at radius 2 is 2.11 bits per heavy atom. The summed E-state index contributed by atoms with van der Waals surface area (Å²) in [5.74, 6) is -0.0167. The first-order valence-electron chi connectivity index (χ1n) is 6.48. The van der Waals surface area contributed by atoms with Crippen LogP contribution in [-0.4, -0.2) is 23.8 Å². The van der Waals surface area contributed by atoms with Crippen LogP contribution in [0.25, 0.3) is 0 Å². The molecule has 1 unspecified atom stereocenters. The van der Waals surface area contributed by atoms with Gasteiger partial charge in [0, 0.05) is 17.7 Å². The van der Waals surface area contributed by atoms with Crippen molar-refractivity contribution in [1.82, 2.24) is 0 Å². The topological polar surface area (TPSA) is 72.5 Å². The number of allylic oxidation sites excluding steroid dienone is 1. The molecule has 0 spiro atoms. The minimum atomic E-state index is -0.939. The SMILES string of the molecule is CCCCOC(O)C=CCC(=O)c1ccc(N)cc1. The van der Waals surface area contributed by atoms with E-state index in [4.69, 9.17) is 10.5 Å². The van der Waals surface area contributed by atoms with Crippen molar-refractivity contribution >= 4 is 11.5 Å². The van der Waals surface area contributed by atoms with E-state index in [-0.39, 0.29) is 12.2 Å². The Morgan fingerprint density at radius 1 is 1.42 bits per heavy atom. The zero-order valence-corrected chi connectivity index (χ0v) is 11.2. The van der Waals surface area contributed by atoms with E-state index in [1.54, 1.807) is 30.3 Å². The summed E-state index contributed by atoms with van der Waals surface area (Å²) in [6.07, 6.45) is 4.34. The molecule has 0 aliphatic rings. The summed E-state index contributed by atoms with van der Waals surface area (Å²) in [4.78, 5) is 11.8. The van der Waals surface area contributed by atoms with Crippen molar-refractivity contribution in [2.24, 2.45) is 0 Å². The Bertz CT molecular complexity index is 412. The Balaban J connectivity index is 2.35. The number of ketones is 1. The van der Waals surface area contributed by atoms with Crippen molar-refractivity contribution in [3.63, 3.8) is 0 Å². The molecule has 0 bridgehead atoms. The number of nitrogen functional groups attached to an aromatic ring is 1. The van der Waals surface area contributed by atoms with Crippen molar-refractivity contribution in [3.8, 4) is 0 Å². The Morgan fingerprint density at radius 3 is 2.74 bits per heavy atom. The van der Waals surface area contributed by atoms with Gasteiger partial charge in [0.25, 0.3) is 0 Å². The fourth-order valence-electron chi connectivity index (χ4n) is 1.48. The van der Waals surface area contributed by atoms with E-state index in [0.29, 0.717) is 17.9 Å². The van der Waals surface area contributed by atoms with Crippen LogP contribution in [0.4, 0.5) is 5.69 Å². The molecule has 0 aliphatic heterocycles. The van der Waals surface area contributed by atoms with Gasteiger partial charge in [0.2, 0.25) is 0 Å². The molecule has 0 heterocycles. The molecule has 0 fully saturated rings. The monoisotopic (exact) mass is 263 g/mol. The molecule has 19 heavy (non-hydrogen) atoms. The van der Waals surface area contributed by atoms with Gasteiger partial charge >= 0.3 is 0 Å². The first-order chi connectivity index (χ1) is 9.13. The molecule has 4 nitrogen and oxygen atoms in total. The molecule has 3 N–H and O–H groups in total. The third kappa shape index (κ3) is 6.18. The quantitative estimate of drug-likeness (QED) is 0.248. The summed E-state index contributed by atoms with van der Waals surface area (Å²) in [5, 5.41) is 9.46. The summed E-state index contributed by atoms with van der Waals surface area (Å²) in [6.45, 7) is 2.57. The average Bonchev–Trinajstić information content (AvgIpc) is 2.39. The number of rotatable bonds is 8. The number of Topliss-reactive ketones (excluding diaryl/α,β-unsaturated/α-hetero) is 1. The third-order valence-electron chi connectivity index (χ3n) is 2.62. The van der Waals surface area contributed by atoms with E-state index in [9.17, 15) is 9.90 Å². The van der Waals surface area contributed by atoms with Gasteiger partial charge in [0.05, 0.1) is 6.61 Å². The van der Waals surface area contributed by atoms with Crippen molar-refractivity contribution in [3.05, 3.63) is 42.0 Å². The minimum absolute atomic E-state index is 0.0167. The van der Waals surface area contributed by atoms with E-state index in [1.807, 2.05) is 0 Å². The van der Waals surface area contributed by atoms with Crippen LogP contribution in [0.5, 0.6) is 0 Å². The van der Waals surface area contributed by atoms with Gasteiger partial charge in [-0.15, -0.1) is 0 Å². The molecule has 1 aromatic carbocycles. The molecule has 1 rings (SSSR count). The maximum atomic E-state index is 11.8. The predicted molar refractivity (Wildman–Crippen MR) is 75.8 cm³/mol. The maximum absolute atomic E-state index is 11.8. The molecule has 0 radical (unpaired) electrons. The number of carbonyl (C=O) groups excluding carboxylic acids is 1. The number of carbonyl (C=O) groups is 1. The molecule has 104 valence electrons. The highest BCUT2D eigenvalue weighted by Gasteiger charge is 2.03. The normalized spacial score (nSPS) is 12.7. The van der Waals surface area contributed by atoms with E-state index >= 15 is 0 Å². The van der Waals surface area contributed by atoms with Gasteiger partial charge in [0.15, 0.2) is 12.1 Å². The van der Waals surface area contributed by atoms with Gasteiger partial charge in [-0.05, 0) is 36.8 Å².